The number of H-pyrrole nitrogens is 1. The molecule has 0 bridgehead atoms. The van der Waals surface area contributed by atoms with E-state index < -0.39 is 22.7 Å². The molecule has 1 aromatic heterocycles. The quantitative estimate of drug-likeness (QED) is 0.335. The highest BCUT2D eigenvalue weighted by Gasteiger charge is 2.33. The first-order valence-electron chi connectivity index (χ1n) is 9.56. The number of carbonyl (C=O) groups is 1. The monoisotopic (exact) mass is 469 g/mol. The molecule has 0 unspecified atom stereocenters. The first-order chi connectivity index (χ1) is 14.6. The number of carbonyl (C=O) groups excluding carboxylic acids is 1. The third-order valence-electron chi connectivity index (χ3n) is 4.76. The number of nitrogens with zero attached hydrogens (tertiary/aromatic N) is 1. The number of halogens is 4. The van der Waals surface area contributed by atoms with Crippen molar-refractivity contribution in [1.29, 1.82) is 0 Å². The largest absolute Gasteiger partial charge is 0.417 e. The summed E-state index contributed by atoms with van der Waals surface area (Å²) < 4.78 is 40.8. The maximum Gasteiger partial charge on any atom is 0.417 e. The Morgan fingerprint density at radius 1 is 1.19 bits per heavy atom. The second-order valence-electron chi connectivity index (χ2n) is 7.00. The van der Waals surface area contributed by atoms with Gasteiger partial charge >= 0.3 is 6.18 Å². The first-order valence-corrected chi connectivity index (χ1v) is 10.4. The predicted molar refractivity (Wildman–Crippen MR) is 117 cm³/mol. The van der Waals surface area contributed by atoms with Gasteiger partial charge in [0.05, 0.1) is 21.5 Å². The van der Waals surface area contributed by atoms with Gasteiger partial charge in [-0.25, -0.2) is 0 Å². The number of alkyl halides is 3. The molecule has 164 valence electrons. The number of benzene rings is 2. The molecule has 0 aliphatic rings. The molecule has 2 aromatic carbocycles. The summed E-state index contributed by atoms with van der Waals surface area (Å²) in [5.41, 5.74) is -0.820. The number of amides is 1. The van der Waals surface area contributed by atoms with Crippen LogP contribution < -0.4 is 10.9 Å². The van der Waals surface area contributed by atoms with Gasteiger partial charge in [-0.05, 0) is 55.0 Å². The van der Waals surface area contributed by atoms with E-state index in [4.69, 9.17) is 23.8 Å². The second-order valence-corrected chi connectivity index (χ2v) is 7.79. The number of fused-ring (bicyclic) bond motifs is 1. The summed E-state index contributed by atoms with van der Waals surface area (Å²) in [6, 6.07) is 7.49. The molecule has 0 spiro atoms. The van der Waals surface area contributed by atoms with Crippen LogP contribution in [0.15, 0.2) is 41.2 Å². The molecule has 3 rings (SSSR count). The lowest BCUT2D eigenvalue weighted by Crippen LogP contribution is -2.22. The lowest BCUT2D eigenvalue weighted by molar-refractivity contribution is -0.137. The molecule has 0 aliphatic heterocycles. The van der Waals surface area contributed by atoms with Crippen molar-refractivity contribution in [2.45, 2.75) is 38.9 Å². The molecule has 3 aromatic rings. The van der Waals surface area contributed by atoms with Crippen LogP contribution in [-0.2, 0) is 12.7 Å². The molecule has 2 N–H and O–H groups in total. The molecule has 0 fully saturated rings. The molecule has 1 amide bonds. The van der Waals surface area contributed by atoms with Gasteiger partial charge in [-0.15, -0.1) is 0 Å². The average molecular weight is 470 g/mol. The average Bonchev–Trinajstić information content (AvgIpc) is 2.70. The van der Waals surface area contributed by atoms with E-state index in [1.165, 1.54) is 28.8 Å². The number of hydrogen-bond donors (Lipinski definition) is 2. The number of nitrogens with one attached hydrogen (secondary N) is 2. The van der Waals surface area contributed by atoms with Crippen LogP contribution in [0.25, 0.3) is 10.9 Å². The fourth-order valence-electron chi connectivity index (χ4n) is 3.14. The van der Waals surface area contributed by atoms with Crippen molar-refractivity contribution >= 4 is 46.3 Å². The van der Waals surface area contributed by atoms with Crippen LogP contribution in [0, 0.1) is 4.77 Å². The molecule has 1 heterocycles. The molecule has 31 heavy (non-hydrogen) atoms. The SMILES string of the molecule is CCCCCn1c(=S)[nH]c2cc(C(=O)Nc3ccc(Cl)c(C(F)(F)F)c3)ccc2c1=O. The summed E-state index contributed by atoms with van der Waals surface area (Å²) in [6.07, 6.45) is -1.85. The molecule has 0 radical (unpaired) electrons. The Kier molecular flexibility index (Phi) is 6.86. The standard InChI is InChI=1S/C21H19ClF3N3O2S/c1-2-3-4-9-28-19(30)14-7-5-12(10-17(14)27-20(28)31)18(29)26-13-6-8-16(22)15(11-13)21(23,24)25/h5-8,10-11H,2-4,9H2,1H3,(H,26,29)(H,27,31). The lowest BCUT2D eigenvalue weighted by atomic mass is 10.1. The normalized spacial score (nSPS) is 11.6. The van der Waals surface area contributed by atoms with E-state index in [-0.39, 0.29) is 21.6 Å². The van der Waals surface area contributed by atoms with Crippen LogP contribution in [0.3, 0.4) is 0 Å². The summed E-state index contributed by atoms with van der Waals surface area (Å²) in [6.45, 7) is 2.56. The number of hydrogen-bond acceptors (Lipinski definition) is 3. The number of unbranched alkanes of at least 4 members (excludes halogenated alkanes) is 2. The number of rotatable bonds is 6. The van der Waals surface area contributed by atoms with Crippen molar-refractivity contribution in [3.8, 4) is 0 Å². The fraction of sp³-hybridized carbons (Fsp3) is 0.286. The molecule has 0 saturated heterocycles. The summed E-state index contributed by atoms with van der Waals surface area (Å²) >= 11 is 10.9. The van der Waals surface area contributed by atoms with Crippen molar-refractivity contribution in [1.82, 2.24) is 9.55 Å². The van der Waals surface area contributed by atoms with Gasteiger partial charge in [-0.1, -0.05) is 31.4 Å². The van der Waals surface area contributed by atoms with E-state index in [0.29, 0.717) is 17.4 Å². The molecule has 0 atom stereocenters. The smallest absolute Gasteiger partial charge is 0.332 e. The van der Waals surface area contributed by atoms with E-state index in [9.17, 15) is 22.8 Å². The van der Waals surface area contributed by atoms with Crippen LogP contribution in [0.1, 0.15) is 42.1 Å². The van der Waals surface area contributed by atoms with Gasteiger partial charge in [0.1, 0.15) is 0 Å². The van der Waals surface area contributed by atoms with Crippen molar-refractivity contribution < 1.29 is 18.0 Å². The van der Waals surface area contributed by atoms with Crippen molar-refractivity contribution in [3.63, 3.8) is 0 Å². The van der Waals surface area contributed by atoms with E-state index in [0.717, 1.165) is 31.4 Å². The highest BCUT2D eigenvalue weighted by atomic mass is 35.5. The maximum absolute atomic E-state index is 13.0. The van der Waals surface area contributed by atoms with Crippen molar-refractivity contribution in [2.75, 3.05) is 5.32 Å². The van der Waals surface area contributed by atoms with E-state index in [1.807, 2.05) is 0 Å². The van der Waals surface area contributed by atoms with E-state index in [2.05, 4.69) is 17.2 Å². The van der Waals surface area contributed by atoms with Crippen molar-refractivity contribution in [3.05, 3.63) is 67.7 Å². The molecule has 10 heteroatoms. The van der Waals surface area contributed by atoms with E-state index >= 15 is 0 Å². The number of aromatic nitrogens is 2. The Labute approximate surface area is 185 Å². The summed E-state index contributed by atoms with van der Waals surface area (Å²) in [5, 5.41) is 2.33. The fourth-order valence-corrected chi connectivity index (χ4v) is 3.65. The summed E-state index contributed by atoms with van der Waals surface area (Å²) in [4.78, 5) is 28.3. The van der Waals surface area contributed by atoms with Gasteiger partial charge < -0.3 is 10.3 Å². The van der Waals surface area contributed by atoms with Gasteiger partial charge in [0.2, 0.25) is 0 Å². The molecular formula is C21H19ClF3N3O2S. The van der Waals surface area contributed by atoms with Gasteiger partial charge in [-0.2, -0.15) is 13.2 Å². The van der Waals surface area contributed by atoms with Gasteiger partial charge in [0.15, 0.2) is 4.77 Å². The minimum Gasteiger partial charge on any atom is -0.332 e. The van der Waals surface area contributed by atoms with Gasteiger partial charge in [0.25, 0.3) is 11.5 Å². The third kappa shape index (κ3) is 5.16. The van der Waals surface area contributed by atoms with Crippen LogP contribution in [0.4, 0.5) is 18.9 Å². The van der Waals surface area contributed by atoms with Gasteiger partial charge in [0, 0.05) is 17.8 Å². The highest BCUT2D eigenvalue weighted by molar-refractivity contribution is 7.71. The topological polar surface area (TPSA) is 66.9 Å². The Hall–Kier alpha value is -2.65. The zero-order valence-corrected chi connectivity index (χ0v) is 18.0. The van der Waals surface area contributed by atoms with Gasteiger partial charge in [-0.3, -0.25) is 14.2 Å². The summed E-state index contributed by atoms with van der Waals surface area (Å²) in [5.74, 6) is -0.635. The molecule has 0 aliphatic carbocycles. The predicted octanol–water partition coefficient (Wildman–Crippen LogP) is 6.17. The van der Waals surface area contributed by atoms with Crippen LogP contribution in [0.2, 0.25) is 5.02 Å². The Bertz CT molecular complexity index is 1250. The lowest BCUT2D eigenvalue weighted by Gasteiger charge is -2.12. The Balaban J connectivity index is 1.90. The Morgan fingerprint density at radius 2 is 1.94 bits per heavy atom. The maximum atomic E-state index is 13.0. The second kappa shape index (κ2) is 9.23. The third-order valence-corrected chi connectivity index (χ3v) is 5.41. The minimum atomic E-state index is -4.65. The van der Waals surface area contributed by atoms with E-state index in [1.54, 1.807) is 0 Å². The molecule has 0 saturated carbocycles. The van der Waals surface area contributed by atoms with Crippen LogP contribution in [0.5, 0.6) is 0 Å². The zero-order valence-electron chi connectivity index (χ0n) is 16.5. The number of anilines is 1. The molecular weight excluding hydrogens is 451 g/mol. The Morgan fingerprint density at radius 3 is 2.61 bits per heavy atom. The molecule has 5 nitrogen and oxygen atoms in total. The van der Waals surface area contributed by atoms with Crippen LogP contribution >= 0.6 is 23.8 Å². The zero-order chi connectivity index (χ0) is 22.8. The van der Waals surface area contributed by atoms with Crippen molar-refractivity contribution in [2.24, 2.45) is 0 Å². The summed E-state index contributed by atoms with van der Waals surface area (Å²) in [7, 11) is 0. The highest BCUT2D eigenvalue weighted by Crippen LogP contribution is 2.36. The number of aromatic amines is 1. The minimum absolute atomic E-state index is 0.0545. The van der Waals surface area contributed by atoms with Crippen LogP contribution in [-0.4, -0.2) is 15.5 Å². The first kappa shape index (κ1) is 23.0.